The Hall–Kier alpha value is -1.84. The van der Waals surface area contributed by atoms with E-state index in [1.807, 2.05) is 35.2 Å². The molecule has 138 valence electrons. The zero-order valence-corrected chi connectivity index (χ0v) is 16.0. The Morgan fingerprint density at radius 1 is 1.16 bits per heavy atom. The first-order valence-corrected chi connectivity index (χ1v) is 9.43. The van der Waals surface area contributed by atoms with Crippen LogP contribution < -0.4 is 5.32 Å². The number of nitrogens with zero attached hydrogens (tertiary/aromatic N) is 1. The molecule has 0 aromatic heterocycles. The molecular formula is C21H32N2O2. The summed E-state index contributed by atoms with van der Waals surface area (Å²) in [5.41, 5.74) is 1.10. The number of likely N-dealkylation sites (tertiary alicyclic amines) is 1. The number of piperidine rings is 1. The third-order valence-corrected chi connectivity index (χ3v) is 4.77. The highest BCUT2D eigenvalue weighted by Gasteiger charge is 2.29. The van der Waals surface area contributed by atoms with Gasteiger partial charge in [-0.05, 0) is 30.2 Å². The quantitative estimate of drug-likeness (QED) is 0.885. The minimum absolute atomic E-state index is 0.00474. The molecule has 0 unspecified atom stereocenters. The number of benzene rings is 1. The number of carbonyl (C=O) groups is 2. The third kappa shape index (κ3) is 5.87. The Morgan fingerprint density at radius 3 is 2.28 bits per heavy atom. The highest BCUT2D eigenvalue weighted by Crippen LogP contribution is 2.24. The highest BCUT2D eigenvalue weighted by atomic mass is 16.2. The minimum Gasteiger partial charge on any atom is -0.353 e. The van der Waals surface area contributed by atoms with Gasteiger partial charge in [0.2, 0.25) is 11.8 Å². The molecule has 0 spiro atoms. The van der Waals surface area contributed by atoms with E-state index in [2.05, 4.69) is 33.0 Å². The number of nitrogens with one attached hydrogen (secondary N) is 1. The van der Waals surface area contributed by atoms with Crippen LogP contribution in [0.3, 0.4) is 0 Å². The summed E-state index contributed by atoms with van der Waals surface area (Å²) in [4.78, 5) is 26.9. The molecule has 0 aliphatic carbocycles. The van der Waals surface area contributed by atoms with Gasteiger partial charge in [0, 0.05) is 25.6 Å². The lowest BCUT2D eigenvalue weighted by atomic mass is 9.91. The van der Waals surface area contributed by atoms with Gasteiger partial charge in [0.05, 0.1) is 5.92 Å². The lowest BCUT2D eigenvalue weighted by Crippen LogP contribution is -2.48. The molecule has 1 aromatic rings. The molecule has 0 radical (unpaired) electrons. The van der Waals surface area contributed by atoms with Crippen molar-refractivity contribution in [1.29, 1.82) is 0 Å². The third-order valence-electron chi connectivity index (χ3n) is 4.77. The van der Waals surface area contributed by atoms with Gasteiger partial charge < -0.3 is 10.2 Å². The standard InChI is InChI=1S/C21H32N2O2/c1-5-18(16-9-7-6-8-10-16)20(25)23-13-11-17(12-14-23)22-19(24)15-21(2,3)4/h6-10,17-18H,5,11-15H2,1-4H3,(H,22,24)/t18-/m0/s1. The second kappa shape index (κ2) is 8.50. The topological polar surface area (TPSA) is 49.4 Å². The van der Waals surface area contributed by atoms with E-state index < -0.39 is 0 Å². The van der Waals surface area contributed by atoms with Crippen molar-refractivity contribution in [2.24, 2.45) is 5.41 Å². The van der Waals surface area contributed by atoms with Crippen molar-refractivity contribution in [2.45, 2.75) is 65.3 Å². The molecule has 4 nitrogen and oxygen atoms in total. The number of amides is 2. The van der Waals surface area contributed by atoms with Crippen LogP contribution >= 0.6 is 0 Å². The van der Waals surface area contributed by atoms with Gasteiger partial charge in [-0.1, -0.05) is 58.0 Å². The first-order chi connectivity index (χ1) is 11.8. The van der Waals surface area contributed by atoms with Gasteiger partial charge in [0.1, 0.15) is 0 Å². The van der Waals surface area contributed by atoms with E-state index in [9.17, 15) is 9.59 Å². The van der Waals surface area contributed by atoms with E-state index in [0.717, 1.165) is 37.9 Å². The van der Waals surface area contributed by atoms with E-state index in [1.54, 1.807) is 0 Å². The lowest BCUT2D eigenvalue weighted by molar-refractivity contribution is -0.134. The summed E-state index contributed by atoms with van der Waals surface area (Å²) >= 11 is 0. The molecule has 1 heterocycles. The van der Waals surface area contributed by atoms with Crippen LogP contribution in [-0.2, 0) is 9.59 Å². The van der Waals surface area contributed by atoms with Crippen molar-refractivity contribution in [3.05, 3.63) is 35.9 Å². The molecule has 4 heteroatoms. The molecule has 25 heavy (non-hydrogen) atoms. The molecule has 1 atom stereocenters. The largest absolute Gasteiger partial charge is 0.353 e. The maximum atomic E-state index is 12.9. The molecule has 2 amide bonds. The van der Waals surface area contributed by atoms with Crippen LogP contribution in [-0.4, -0.2) is 35.8 Å². The Morgan fingerprint density at radius 2 is 1.76 bits per heavy atom. The van der Waals surface area contributed by atoms with Crippen molar-refractivity contribution in [1.82, 2.24) is 10.2 Å². The second-order valence-corrected chi connectivity index (χ2v) is 8.28. The average Bonchev–Trinajstić information content (AvgIpc) is 2.55. The van der Waals surface area contributed by atoms with Crippen LogP contribution in [0.1, 0.15) is 64.9 Å². The fraction of sp³-hybridized carbons (Fsp3) is 0.619. The van der Waals surface area contributed by atoms with Crippen LogP contribution in [0.25, 0.3) is 0 Å². The van der Waals surface area contributed by atoms with Gasteiger partial charge >= 0.3 is 0 Å². The normalized spacial score (nSPS) is 17.2. The molecule has 1 fully saturated rings. The molecule has 0 saturated carbocycles. The zero-order valence-electron chi connectivity index (χ0n) is 16.0. The Labute approximate surface area is 152 Å². The summed E-state index contributed by atoms with van der Waals surface area (Å²) in [6.45, 7) is 9.73. The first-order valence-electron chi connectivity index (χ1n) is 9.43. The molecule has 2 rings (SSSR count). The molecule has 1 N–H and O–H groups in total. The predicted molar refractivity (Wildman–Crippen MR) is 101 cm³/mol. The summed E-state index contributed by atoms with van der Waals surface area (Å²) in [7, 11) is 0. The van der Waals surface area contributed by atoms with Crippen LogP contribution in [0, 0.1) is 5.41 Å². The predicted octanol–water partition coefficient (Wildman–Crippen LogP) is 3.72. The summed E-state index contributed by atoms with van der Waals surface area (Å²) in [6, 6.07) is 10.2. The number of carbonyl (C=O) groups excluding carboxylic acids is 2. The summed E-state index contributed by atoms with van der Waals surface area (Å²) in [5.74, 6) is 0.273. The Balaban J connectivity index is 1.86. The van der Waals surface area contributed by atoms with Gasteiger partial charge in [0.15, 0.2) is 0 Å². The average molecular weight is 344 g/mol. The van der Waals surface area contributed by atoms with Gasteiger partial charge in [-0.2, -0.15) is 0 Å². The molecule has 1 aromatic carbocycles. The van der Waals surface area contributed by atoms with E-state index in [4.69, 9.17) is 0 Å². The molecule has 1 aliphatic heterocycles. The van der Waals surface area contributed by atoms with Crippen molar-refractivity contribution >= 4 is 11.8 Å². The van der Waals surface area contributed by atoms with Crippen LogP contribution in [0.15, 0.2) is 30.3 Å². The fourth-order valence-electron chi connectivity index (χ4n) is 3.46. The molecule has 1 saturated heterocycles. The highest BCUT2D eigenvalue weighted by molar-refractivity contribution is 5.84. The van der Waals surface area contributed by atoms with Gasteiger partial charge in [-0.15, -0.1) is 0 Å². The van der Waals surface area contributed by atoms with E-state index in [1.165, 1.54) is 0 Å². The van der Waals surface area contributed by atoms with Crippen LogP contribution in [0.5, 0.6) is 0 Å². The van der Waals surface area contributed by atoms with E-state index in [-0.39, 0.29) is 29.2 Å². The monoisotopic (exact) mass is 344 g/mol. The van der Waals surface area contributed by atoms with E-state index >= 15 is 0 Å². The zero-order chi connectivity index (χ0) is 18.4. The summed E-state index contributed by atoms with van der Waals surface area (Å²) in [5, 5.41) is 3.13. The van der Waals surface area contributed by atoms with Gasteiger partial charge in [-0.3, -0.25) is 9.59 Å². The Kier molecular flexibility index (Phi) is 6.63. The van der Waals surface area contributed by atoms with Crippen molar-refractivity contribution in [3.8, 4) is 0 Å². The molecule has 0 bridgehead atoms. The fourth-order valence-corrected chi connectivity index (χ4v) is 3.46. The lowest BCUT2D eigenvalue weighted by Gasteiger charge is -2.35. The maximum Gasteiger partial charge on any atom is 0.230 e. The number of hydrogen-bond donors (Lipinski definition) is 1. The van der Waals surface area contributed by atoms with Crippen molar-refractivity contribution in [2.75, 3.05) is 13.1 Å². The van der Waals surface area contributed by atoms with Crippen LogP contribution in [0.2, 0.25) is 0 Å². The van der Waals surface area contributed by atoms with Crippen LogP contribution in [0.4, 0.5) is 0 Å². The second-order valence-electron chi connectivity index (χ2n) is 8.28. The minimum atomic E-state index is -0.0618. The SMILES string of the molecule is CC[C@H](C(=O)N1CCC(NC(=O)CC(C)(C)C)CC1)c1ccccc1. The number of rotatable bonds is 5. The maximum absolute atomic E-state index is 12.9. The molecular weight excluding hydrogens is 312 g/mol. The van der Waals surface area contributed by atoms with E-state index in [0.29, 0.717) is 6.42 Å². The van der Waals surface area contributed by atoms with Gasteiger partial charge in [-0.25, -0.2) is 0 Å². The Bertz CT molecular complexity index is 569. The van der Waals surface area contributed by atoms with Gasteiger partial charge in [0.25, 0.3) is 0 Å². The first kappa shape index (κ1) is 19.5. The molecule has 1 aliphatic rings. The summed E-state index contributed by atoms with van der Waals surface area (Å²) < 4.78 is 0. The number of hydrogen-bond acceptors (Lipinski definition) is 2. The van der Waals surface area contributed by atoms with Crippen molar-refractivity contribution in [3.63, 3.8) is 0 Å². The van der Waals surface area contributed by atoms with Crippen molar-refractivity contribution < 1.29 is 9.59 Å². The smallest absolute Gasteiger partial charge is 0.230 e. The summed E-state index contributed by atoms with van der Waals surface area (Å²) in [6.07, 6.45) is 3.03.